The Labute approximate surface area is 142 Å². The third kappa shape index (κ3) is 5.52. The van der Waals surface area contributed by atoms with Gasteiger partial charge in [0.1, 0.15) is 0 Å². The average molecular weight is 371 g/mol. The van der Waals surface area contributed by atoms with Gasteiger partial charge in [-0.2, -0.15) is 0 Å². The maximum atomic E-state index is 10.0. The number of benzene rings is 1. The maximum Gasteiger partial charge on any atom is 2.00 e. The molecule has 2 aliphatic rings. The Kier molecular flexibility index (Phi) is 9.11. The van der Waals surface area contributed by atoms with Gasteiger partial charge < -0.3 is 5.11 Å². The molecule has 2 aliphatic carbocycles. The molecule has 0 unspecified atom stereocenters. The van der Waals surface area contributed by atoms with Crippen molar-refractivity contribution in [2.24, 2.45) is 0 Å². The summed E-state index contributed by atoms with van der Waals surface area (Å²) in [6.45, 7) is 0. The van der Waals surface area contributed by atoms with Gasteiger partial charge in [0.25, 0.3) is 0 Å². The molecule has 0 spiro atoms. The summed E-state index contributed by atoms with van der Waals surface area (Å²) in [5, 5.41) is 10.0. The molecule has 0 aliphatic heterocycles. The van der Waals surface area contributed by atoms with E-state index >= 15 is 0 Å². The molecule has 2 fully saturated rings. The minimum Gasteiger partial charge on any atom is -0.388 e. The third-order valence-corrected chi connectivity index (χ3v) is 3.48. The van der Waals surface area contributed by atoms with E-state index in [0.29, 0.717) is 0 Å². The van der Waals surface area contributed by atoms with Crippen molar-refractivity contribution in [2.45, 2.75) is 6.10 Å². The zero-order chi connectivity index (χ0) is 13.5. The van der Waals surface area contributed by atoms with Gasteiger partial charge in [0.05, 0.1) is 6.10 Å². The second-order valence-corrected chi connectivity index (χ2v) is 4.96. The van der Waals surface area contributed by atoms with E-state index in [9.17, 15) is 5.11 Å². The summed E-state index contributed by atoms with van der Waals surface area (Å²) < 4.78 is 0.939. The van der Waals surface area contributed by atoms with Gasteiger partial charge in [-0.05, 0) is 69.4 Å². The molecule has 2 saturated carbocycles. The topological polar surface area (TPSA) is 20.2 Å². The summed E-state index contributed by atoms with van der Waals surface area (Å²) >= 11 is 3.42. The van der Waals surface area contributed by atoms with E-state index in [4.69, 9.17) is 0 Å². The number of hydrogen-bond acceptors (Lipinski definition) is 1. The summed E-state index contributed by atoms with van der Waals surface area (Å²) in [4.78, 5) is 0. The van der Waals surface area contributed by atoms with Crippen molar-refractivity contribution >= 4 is 15.9 Å². The Morgan fingerprint density at radius 2 is 1.30 bits per heavy atom. The summed E-state index contributed by atoms with van der Waals surface area (Å²) in [5.41, 5.74) is 0.902. The zero-order valence-corrected chi connectivity index (χ0v) is 13.5. The monoisotopic (exact) mass is 370 g/mol. The van der Waals surface area contributed by atoms with Gasteiger partial charge in [-0.1, -0.05) is 34.1 Å². The van der Waals surface area contributed by atoms with E-state index < -0.39 is 6.10 Å². The van der Waals surface area contributed by atoms with E-state index in [1.165, 1.54) is 0 Å². The number of aliphatic hydroxyl groups excluding tert-OH is 1. The number of hydrogen-bond donors (Lipinski definition) is 1. The summed E-state index contributed by atoms with van der Waals surface area (Å²) in [7, 11) is 0. The summed E-state index contributed by atoms with van der Waals surface area (Å²) in [6.07, 6.45) is 17.2. The Balaban J connectivity index is 0.000000283. The Morgan fingerprint density at radius 3 is 1.80 bits per heavy atom. The smallest absolute Gasteiger partial charge is 0.388 e. The van der Waals surface area contributed by atoms with Crippen LogP contribution in [-0.4, -0.2) is 5.11 Å². The van der Waals surface area contributed by atoms with Crippen LogP contribution in [0.4, 0.5) is 0 Å². The molecule has 0 heterocycles. The van der Waals surface area contributed by atoms with Crippen LogP contribution in [0.3, 0.4) is 0 Å². The maximum absolute atomic E-state index is 10.0. The second kappa shape index (κ2) is 10.00. The van der Waals surface area contributed by atoms with Crippen LogP contribution in [0.1, 0.15) is 11.7 Å². The normalized spacial score (nSPS) is 19.9. The SMILES string of the molecule is O[C@@H]([C]1[CH][CH][CH][CH]1)c1ccccc1Br.[CH]1[CH][CH][CH][CH]1.[Fe+2]. The molecule has 0 saturated heterocycles. The molecule has 1 atom stereocenters. The first-order valence-corrected chi connectivity index (χ1v) is 6.89. The van der Waals surface area contributed by atoms with Crippen molar-refractivity contribution in [1.29, 1.82) is 0 Å². The van der Waals surface area contributed by atoms with Gasteiger partial charge in [-0.25, -0.2) is 0 Å². The summed E-state index contributed by atoms with van der Waals surface area (Å²) in [5.74, 6) is 0.928. The van der Waals surface area contributed by atoms with Gasteiger partial charge in [-0.15, -0.1) is 0 Å². The Morgan fingerprint density at radius 1 is 0.800 bits per heavy atom. The van der Waals surface area contributed by atoms with Crippen molar-refractivity contribution in [1.82, 2.24) is 0 Å². The van der Waals surface area contributed by atoms with Crippen LogP contribution in [0.25, 0.3) is 0 Å². The van der Waals surface area contributed by atoms with Crippen molar-refractivity contribution in [3.05, 3.63) is 98.0 Å². The zero-order valence-electron chi connectivity index (χ0n) is 10.8. The molecule has 0 aromatic heterocycles. The predicted octanol–water partition coefficient (Wildman–Crippen LogP) is 3.91. The van der Waals surface area contributed by atoms with Gasteiger partial charge in [0.15, 0.2) is 0 Å². The minimum absolute atomic E-state index is 0. The van der Waals surface area contributed by atoms with Gasteiger partial charge >= 0.3 is 17.1 Å². The molecule has 3 heteroatoms. The van der Waals surface area contributed by atoms with E-state index in [1.807, 2.05) is 82.1 Å². The first-order chi connectivity index (χ1) is 9.29. The van der Waals surface area contributed by atoms with Crippen molar-refractivity contribution in [3.63, 3.8) is 0 Å². The first-order valence-electron chi connectivity index (χ1n) is 6.10. The van der Waals surface area contributed by atoms with Crippen LogP contribution in [0, 0.1) is 63.7 Å². The first kappa shape index (κ1) is 18.2. The molecular weight excluding hydrogens is 356 g/mol. The number of aliphatic hydroxyl groups is 1. The van der Waals surface area contributed by atoms with Gasteiger partial charge in [-0.3, -0.25) is 0 Å². The molecule has 10 radical (unpaired) electrons. The molecule has 3 rings (SSSR count). The van der Waals surface area contributed by atoms with Crippen molar-refractivity contribution < 1.29 is 22.2 Å². The molecule has 1 N–H and O–H groups in total. The predicted molar refractivity (Wildman–Crippen MR) is 81.0 cm³/mol. The van der Waals surface area contributed by atoms with Gasteiger partial charge in [0.2, 0.25) is 0 Å². The van der Waals surface area contributed by atoms with Crippen LogP contribution >= 0.6 is 15.9 Å². The fraction of sp³-hybridized carbons (Fsp3) is 0.0588. The van der Waals surface area contributed by atoms with E-state index in [0.717, 1.165) is 16.0 Å². The fourth-order valence-corrected chi connectivity index (χ4v) is 2.27. The molecule has 20 heavy (non-hydrogen) atoms. The molecule has 0 bridgehead atoms. The molecule has 1 aromatic rings. The number of halogens is 1. The summed E-state index contributed by atoms with van der Waals surface area (Å²) in [6, 6.07) is 7.71. The molecule has 1 aromatic carbocycles. The van der Waals surface area contributed by atoms with Crippen molar-refractivity contribution in [2.75, 3.05) is 0 Å². The largest absolute Gasteiger partial charge is 2.00 e. The van der Waals surface area contributed by atoms with Crippen LogP contribution < -0.4 is 0 Å². The molecule has 1 nitrogen and oxygen atoms in total. The van der Waals surface area contributed by atoms with Crippen LogP contribution in [0.2, 0.25) is 0 Å². The quantitative estimate of drug-likeness (QED) is 0.782. The van der Waals surface area contributed by atoms with E-state index in [1.54, 1.807) is 0 Å². The standard InChI is InChI=1S/C12H10BrO.C5H5.Fe/c13-11-8-4-3-7-10(11)12(14)9-5-1-2-6-9;1-2-4-5-3-1;/h1-8,12,14H;1-5H;/q;;+2/t12-;;/m0../s1. The molecule has 0 amide bonds. The Bertz CT molecular complexity index is 365. The minimum atomic E-state index is -0.541. The van der Waals surface area contributed by atoms with Crippen LogP contribution in [0.15, 0.2) is 28.7 Å². The third-order valence-electron chi connectivity index (χ3n) is 2.76. The van der Waals surface area contributed by atoms with Crippen LogP contribution in [0.5, 0.6) is 0 Å². The van der Waals surface area contributed by atoms with E-state index in [2.05, 4.69) is 15.9 Å². The fourth-order valence-electron chi connectivity index (χ4n) is 1.77. The van der Waals surface area contributed by atoms with Gasteiger partial charge in [0, 0.05) is 10.4 Å². The average Bonchev–Trinajstić information content (AvgIpc) is 3.14. The van der Waals surface area contributed by atoms with Crippen LogP contribution in [-0.2, 0) is 17.1 Å². The Hall–Kier alpha value is 0.179. The number of rotatable bonds is 2. The molecule has 102 valence electrons. The second-order valence-electron chi connectivity index (χ2n) is 4.10. The van der Waals surface area contributed by atoms with E-state index in [-0.39, 0.29) is 17.1 Å². The molecular formula is C17H15BrFeO+2. The van der Waals surface area contributed by atoms with Crippen molar-refractivity contribution in [3.8, 4) is 0 Å².